The molecule has 1 aliphatic rings. The second-order valence-electron chi connectivity index (χ2n) is 4.15. The standard InChI is InChI=1S/C12H18N2O4/c15-10(5-6-12(17)18)13-7-9-14-8-3-1-2-4-11(14)16/h5-6H,1-4,7-9H2,(H,13,15)(H,17,18). The van der Waals surface area contributed by atoms with Crippen molar-refractivity contribution in [1.82, 2.24) is 10.2 Å². The number of rotatable bonds is 5. The van der Waals surface area contributed by atoms with Gasteiger partial charge in [0.05, 0.1) is 0 Å². The predicted molar refractivity (Wildman–Crippen MR) is 64.8 cm³/mol. The first-order valence-corrected chi connectivity index (χ1v) is 6.06. The maximum absolute atomic E-state index is 11.6. The van der Waals surface area contributed by atoms with E-state index in [4.69, 9.17) is 5.11 Å². The highest BCUT2D eigenvalue weighted by Crippen LogP contribution is 2.10. The maximum Gasteiger partial charge on any atom is 0.328 e. The van der Waals surface area contributed by atoms with Crippen LogP contribution < -0.4 is 5.32 Å². The fourth-order valence-electron chi connectivity index (χ4n) is 1.79. The first kappa shape index (κ1) is 14.2. The normalized spacial score (nSPS) is 16.7. The quantitative estimate of drug-likeness (QED) is 0.683. The van der Waals surface area contributed by atoms with Gasteiger partial charge in [0.25, 0.3) is 0 Å². The zero-order valence-corrected chi connectivity index (χ0v) is 10.2. The zero-order valence-electron chi connectivity index (χ0n) is 10.2. The van der Waals surface area contributed by atoms with Gasteiger partial charge in [0, 0.05) is 38.2 Å². The van der Waals surface area contributed by atoms with Gasteiger partial charge >= 0.3 is 5.97 Å². The van der Waals surface area contributed by atoms with Crippen LogP contribution in [0.4, 0.5) is 0 Å². The Hall–Kier alpha value is -1.85. The summed E-state index contributed by atoms with van der Waals surface area (Å²) >= 11 is 0. The minimum absolute atomic E-state index is 0.128. The van der Waals surface area contributed by atoms with E-state index in [9.17, 15) is 14.4 Å². The molecule has 1 heterocycles. The third-order valence-corrected chi connectivity index (χ3v) is 2.73. The molecule has 0 aromatic heterocycles. The molecule has 0 unspecified atom stereocenters. The van der Waals surface area contributed by atoms with Crippen LogP contribution in [0.15, 0.2) is 12.2 Å². The van der Waals surface area contributed by atoms with Crippen LogP contribution in [0.5, 0.6) is 0 Å². The molecular weight excluding hydrogens is 236 g/mol. The first-order chi connectivity index (χ1) is 8.59. The molecule has 0 aliphatic carbocycles. The number of amides is 2. The van der Waals surface area contributed by atoms with E-state index >= 15 is 0 Å². The predicted octanol–water partition coefficient (Wildman–Crippen LogP) is 0.146. The minimum Gasteiger partial charge on any atom is -0.478 e. The fraction of sp³-hybridized carbons (Fsp3) is 0.583. The van der Waals surface area contributed by atoms with E-state index in [-0.39, 0.29) is 5.91 Å². The van der Waals surface area contributed by atoms with E-state index in [1.54, 1.807) is 4.90 Å². The SMILES string of the molecule is O=C(O)C=CC(=O)NCCN1CCCCCC1=O. The molecule has 1 rings (SSSR count). The molecule has 1 aliphatic heterocycles. The van der Waals surface area contributed by atoms with Crippen LogP contribution in [-0.4, -0.2) is 47.4 Å². The molecule has 0 aromatic carbocycles. The van der Waals surface area contributed by atoms with Crippen LogP contribution in [0.3, 0.4) is 0 Å². The van der Waals surface area contributed by atoms with Crippen LogP contribution in [0.25, 0.3) is 0 Å². The van der Waals surface area contributed by atoms with Crippen molar-refractivity contribution in [1.29, 1.82) is 0 Å². The number of nitrogens with zero attached hydrogens (tertiary/aromatic N) is 1. The van der Waals surface area contributed by atoms with Gasteiger partial charge in [0.15, 0.2) is 0 Å². The van der Waals surface area contributed by atoms with Gasteiger partial charge in [-0.05, 0) is 12.8 Å². The second kappa shape index (κ2) is 7.47. The largest absolute Gasteiger partial charge is 0.478 e. The topological polar surface area (TPSA) is 86.7 Å². The molecule has 0 spiro atoms. The molecule has 2 amide bonds. The number of hydrogen-bond donors (Lipinski definition) is 2. The molecule has 1 fully saturated rings. The van der Waals surface area contributed by atoms with Gasteiger partial charge in [-0.2, -0.15) is 0 Å². The number of aliphatic carboxylic acids is 1. The van der Waals surface area contributed by atoms with Gasteiger partial charge in [-0.3, -0.25) is 9.59 Å². The lowest BCUT2D eigenvalue weighted by Gasteiger charge is -2.20. The number of carboxylic acids is 1. The van der Waals surface area contributed by atoms with Crippen LogP contribution in [-0.2, 0) is 14.4 Å². The monoisotopic (exact) mass is 254 g/mol. The highest BCUT2D eigenvalue weighted by Gasteiger charge is 2.15. The van der Waals surface area contributed by atoms with E-state index in [1.807, 2.05) is 0 Å². The van der Waals surface area contributed by atoms with Gasteiger partial charge < -0.3 is 15.3 Å². The summed E-state index contributed by atoms with van der Waals surface area (Å²) in [6, 6.07) is 0. The zero-order chi connectivity index (χ0) is 13.4. The number of nitrogens with one attached hydrogen (secondary N) is 1. The highest BCUT2D eigenvalue weighted by molar-refractivity contribution is 5.93. The van der Waals surface area contributed by atoms with Gasteiger partial charge in [0.1, 0.15) is 0 Å². The average molecular weight is 254 g/mol. The minimum atomic E-state index is -1.16. The van der Waals surface area contributed by atoms with Crippen molar-refractivity contribution in [3.05, 3.63) is 12.2 Å². The Kier molecular flexibility index (Phi) is 5.90. The smallest absolute Gasteiger partial charge is 0.328 e. The lowest BCUT2D eigenvalue weighted by atomic mass is 10.2. The molecule has 0 radical (unpaired) electrons. The van der Waals surface area contributed by atoms with Crippen molar-refractivity contribution >= 4 is 17.8 Å². The highest BCUT2D eigenvalue weighted by atomic mass is 16.4. The van der Waals surface area contributed by atoms with Gasteiger partial charge in [-0.15, -0.1) is 0 Å². The molecule has 18 heavy (non-hydrogen) atoms. The summed E-state index contributed by atoms with van der Waals surface area (Å²) in [6.07, 6.45) is 5.32. The van der Waals surface area contributed by atoms with E-state index < -0.39 is 11.9 Å². The molecule has 6 heteroatoms. The molecule has 2 N–H and O–H groups in total. The van der Waals surface area contributed by atoms with E-state index in [1.165, 1.54) is 0 Å². The van der Waals surface area contributed by atoms with Crippen molar-refractivity contribution in [3.63, 3.8) is 0 Å². The van der Waals surface area contributed by atoms with Crippen molar-refractivity contribution < 1.29 is 19.5 Å². The first-order valence-electron chi connectivity index (χ1n) is 6.06. The lowest BCUT2D eigenvalue weighted by Crippen LogP contribution is -2.37. The summed E-state index contributed by atoms with van der Waals surface area (Å²) in [5.74, 6) is -1.49. The molecular formula is C12H18N2O4. The number of hydrogen-bond acceptors (Lipinski definition) is 3. The maximum atomic E-state index is 11.6. The molecule has 0 bridgehead atoms. The summed E-state index contributed by atoms with van der Waals surface area (Å²) in [5.41, 5.74) is 0. The lowest BCUT2D eigenvalue weighted by molar-refractivity contribution is -0.132. The summed E-state index contributed by atoms with van der Waals surface area (Å²) in [7, 11) is 0. The molecule has 0 saturated carbocycles. The Balaban J connectivity index is 2.25. The van der Waals surface area contributed by atoms with Crippen molar-refractivity contribution in [2.45, 2.75) is 25.7 Å². The molecule has 0 atom stereocenters. The third-order valence-electron chi connectivity index (χ3n) is 2.73. The molecule has 0 aromatic rings. The number of carboxylic acid groups (broad SMARTS) is 1. The van der Waals surface area contributed by atoms with Crippen molar-refractivity contribution in [3.8, 4) is 0 Å². The Morgan fingerprint density at radius 2 is 2.06 bits per heavy atom. The Labute approximate surface area is 106 Å². The van der Waals surface area contributed by atoms with Gasteiger partial charge in [0.2, 0.25) is 11.8 Å². The Bertz CT molecular complexity index is 352. The van der Waals surface area contributed by atoms with Gasteiger partial charge in [-0.25, -0.2) is 4.79 Å². The number of likely N-dealkylation sites (tertiary alicyclic amines) is 1. The Morgan fingerprint density at radius 3 is 2.78 bits per heavy atom. The van der Waals surface area contributed by atoms with Gasteiger partial charge in [-0.1, -0.05) is 6.42 Å². The Morgan fingerprint density at radius 1 is 1.28 bits per heavy atom. The van der Waals surface area contributed by atoms with Crippen LogP contribution in [0, 0.1) is 0 Å². The van der Waals surface area contributed by atoms with Crippen LogP contribution in [0.2, 0.25) is 0 Å². The fourth-order valence-corrected chi connectivity index (χ4v) is 1.79. The molecule has 6 nitrogen and oxygen atoms in total. The summed E-state index contributed by atoms with van der Waals surface area (Å²) in [4.78, 5) is 34.7. The van der Waals surface area contributed by atoms with Crippen LogP contribution in [0.1, 0.15) is 25.7 Å². The van der Waals surface area contributed by atoms with Crippen LogP contribution >= 0.6 is 0 Å². The van der Waals surface area contributed by atoms with Crippen molar-refractivity contribution in [2.75, 3.05) is 19.6 Å². The molecule has 1 saturated heterocycles. The summed E-state index contributed by atoms with van der Waals surface area (Å²) in [5, 5.41) is 10.9. The third kappa shape index (κ3) is 5.47. The average Bonchev–Trinajstić information content (AvgIpc) is 2.52. The van der Waals surface area contributed by atoms with E-state index in [0.717, 1.165) is 38.0 Å². The van der Waals surface area contributed by atoms with E-state index in [0.29, 0.717) is 19.5 Å². The molecule has 100 valence electrons. The summed E-state index contributed by atoms with van der Waals surface area (Å²) in [6.45, 7) is 1.56. The number of carbonyl (C=O) groups excluding carboxylic acids is 2. The number of carbonyl (C=O) groups is 3. The summed E-state index contributed by atoms with van der Waals surface area (Å²) < 4.78 is 0. The van der Waals surface area contributed by atoms with Crippen molar-refractivity contribution in [2.24, 2.45) is 0 Å². The second-order valence-corrected chi connectivity index (χ2v) is 4.15. The van der Waals surface area contributed by atoms with E-state index in [2.05, 4.69) is 5.32 Å².